The van der Waals surface area contributed by atoms with E-state index in [-0.39, 0.29) is 6.54 Å². The molecule has 3 aromatic rings. The molecular weight excluding hydrogens is 392 g/mol. The van der Waals surface area contributed by atoms with Gasteiger partial charge in [0, 0.05) is 18.6 Å². The zero-order chi connectivity index (χ0) is 21.0. The molecule has 152 valence electrons. The van der Waals surface area contributed by atoms with Crippen molar-refractivity contribution < 1.29 is 14.3 Å². The fraction of sp³-hybridized carbons (Fsp3) is 0.316. The summed E-state index contributed by atoms with van der Waals surface area (Å²) in [5.74, 6) is -0.396. The number of alkyl carbamates (subject to hydrolysis) is 1. The van der Waals surface area contributed by atoms with Crippen molar-refractivity contribution in [1.29, 1.82) is 0 Å². The van der Waals surface area contributed by atoms with Crippen LogP contribution in [0.4, 0.5) is 9.93 Å². The van der Waals surface area contributed by atoms with Gasteiger partial charge in [0.1, 0.15) is 23.5 Å². The number of nitrogens with one attached hydrogen (secondary N) is 2. The first-order valence-corrected chi connectivity index (χ1v) is 9.77. The van der Waals surface area contributed by atoms with Gasteiger partial charge in [0.25, 0.3) is 0 Å². The summed E-state index contributed by atoms with van der Waals surface area (Å²) in [6.07, 6.45) is 1.20. The van der Waals surface area contributed by atoms with Crippen LogP contribution in [0.5, 0.6) is 0 Å². The number of carbonyl (C=O) groups is 2. The van der Waals surface area contributed by atoms with Crippen molar-refractivity contribution in [1.82, 2.24) is 25.1 Å². The van der Waals surface area contributed by atoms with Crippen LogP contribution in [0.15, 0.2) is 35.8 Å². The molecule has 0 radical (unpaired) electrons. The van der Waals surface area contributed by atoms with E-state index in [0.29, 0.717) is 16.5 Å². The average Bonchev–Trinajstić information content (AvgIpc) is 3.28. The summed E-state index contributed by atoms with van der Waals surface area (Å²) in [6.45, 7) is 5.04. The molecule has 0 fully saturated rings. The monoisotopic (exact) mass is 414 g/mol. The molecule has 9 nitrogen and oxygen atoms in total. The molecule has 10 heteroatoms. The van der Waals surface area contributed by atoms with E-state index < -0.39 is 17.6 Å². The van der Waals surface area contributed by atoms with Crippen LogP contribution in [0.25, 0.3) is 22.8 Å². The van der Waals surface area contributed by atoms with Gasteiger partial charge in [0.05, 0.1) is 11.4 Å². The van der Waals surface area contributed by atoms with Gasteiger partial charge in [-0.25, -0.2) is 14.8 Å². The lowest BCUT2D eigenvalue weighted by molar-refractivity contribution is -0.115. The van der Waals surface area contributed by atoms with E-state index in [1.54, 1.807) is 30.8 Å². The quantitative estimate of drug-likeness (QED) is 0.664. The fourth-order valence-electron chi connectivity index (χ4n) is 2.35. The van der Waals surface area contributed by atoms with Crippen LogP contribution in [-0.4, -0.2) is 43.9 Å². The minimum Gasteiger partial charge on any atom is -0.444 e. The molecule has 0 unspecified atom stereocenters. The van der Waals surface area contributed by atoms with Crippen molar-refractivity contribution >= 4 is 28.5 Å². The zero-order valence-corrected chi connectivity index (χ0v) is 17.4. The van der Waals surface area contributed by atoms with Crippen LogP contribution in [0.3, 0.4) is 0 Å². The highest BCUT2D eigenvalue weighted by atomic mass is 32.1. The van der Waals surface area contributed by atoms with Gasteiger partial charge >= 0.3 is 6.09 Å². The molecule has 0 saturated carbocycles. The predicted octanol–water partition coefficient (Wildman–Crippen LogP) is 3.07. The highest BCUT2D eigenvalue weighted by Gasteiger charge is 2.17. The second kappa shape index (κ2) is 8.39. The minimum absolute atomic E-state index is 0.211. The Morgan fingerprint density at radius 1 is 1.10 bits per heavy atom. The third kappa shape index (κ3) is 5.85. The summed E-state index contributed by atoms with van der Waals surface area (Å²) in [7, 11) is 1.85. The second-order valence-corrected chi connectivity index (χ2v) is 8.08. The Balaban J connectivity index is 1.61. The number of carbonyl (C=O) groups excluding carboxylic acids is 2. The molecule has 3 rings (SSSR count). The number of ether oxygens (including phenoxy) is 1. The third-order valence-electron chi connectivity index (χ3n) is 3.53. The Morgan fingerprint density at radius 2 is 1.83 bits per heavy atom. The fourth-order valence-corrected chi connectivity index (χ4v) is 3.07. The number of thiazole rings is 1. The Hall–Kier alpha value is -3.27. The van der Waals surface area contributed by atoms with Gasteiger partial charge < -0.3 is 15.4 Å². The van der Waals surface area contributed by atoms with Crippen molar-refractivity contribution in [2.45, 2.75) is 26.4 Å². The molecule has 0 aliphatic heterocycles. The van der Waals surface area contributed by atoms with Crippen LogP contribution < -0.4 is 10.6 Å². The number of anilines is 1. The summed E-state index contributed by atoms with van der Waals surface area (Å²) in [5, 5.41) is 11.6. The molecular formula is C19H22N6O3S. The maximum atomic E-state index is 12.0. The standard InChI is InChI=1S/C19H22N6O3S/c1-19(2,3)28-18(27)20-10-16(26)23-17-22-15(11-29-17)13-7-5-6-12(21-13)14-8-9-25(4)24-14/h5-9,11H,10H2,1-4H3,(H,20,27)(H,22,23,26). The third-order valence-corrected chi connectivity index (χ3v) is 4.29. The smallest absolute Gasteiger partial charge is 0.408 e. The molecule has 0 atom stereocenters. The Bertz CT molecular complexity index is 1020. The lowest BCUT2D eigenvalue weighted by atomic mass is 10.2. The van der Waals surface area contributed by atoms with Crippen molar-refractivity contribution in [2.75, 3.05) is 11.9 Å². The van der Waals surface area contributed by atoms with Crippen molar-refractivity contribution in [3.05, 3.63) is 35.8 Å². The number of aryl methyl sites for hydroxylation is 1. The Kier molecular flexibility index (Phi) is 5.92. The summed E-state index contributed by atoms with van der Waals surface area (Å²) in [5.41, 5.74) is 2.20. The van der Waals surface area contributed by atoms with E-state index in [9.17, 15) is 9.59 Å². The van der Waals surface area contributed by atoms with E-state index in [0.717, 1.165) is 11.4 Å². The zero-order valence-electron chi connectivity index (χ0n) is 16.6. The highest BCUT2D eigenvalue weighted by molar-refractivity contribution is 7.14. The van der Waals surface area contributed by atoms with Gasteiger partial charge in [-0.3, -0.25) is 9.48 Å². The normalized spacial score (nSPS) is 11.2. The minimum atomic E-state index is -0.650. The molecule has 0 aliphatic carbocycles. The number of aromatic nitrogens is 4. The average molecular weight is 414 g/mol. The van der Waals surface area contributed by atoms with Crippen LogP contribution >= 0.6 is 11.3 Å². The van der Waals surface area contributed by atoms with Crippen LogP contribution in [0, 0.1) is 0 Å². The predicted molar refractivity (Wildman–Crippen MR) is 110 cm³/mol. The van der Waals surface area contributed by atoms with Crippen molar-refractivity contribution in [3.8, 4) is 22.8 Å². The maximum Gasteiger partial charge on any atom is 0.408 e. The molecule has 3 aromatic heterocycles. The maximum absolute atomic E-state index is 12.0. The first kappa shape index (κ1) is 20.5. The van der Waals surface area contributed by atoms with Gasteiger partial charge in [0.15, 0.2) is 5.13 Å². The molecule has 29 heavy (non-hydrogen) atoms. The number of amides is 2. The topological polar surface area (TPSA) is 111 Å². The number of rotatable bonds is 5. The van der Waals surface area contributed by atoms with Crippen LogP contribution in [-0.2, 0) is 16.6 Å². The van der Waals surface area contributed by atoms with E-state index in [4.69, 9.17) is 4.74 Å². The van der Waals surface area contributed by atoms with Gasteiger partial charge in [0.2, 0.25) is 5.91 Å². The summed E-state index contributed by atoms with van der Waals surface area (Å²) < 4.78 is 6.81. The lowest BCUT2D eigenvalue weighted by Crippen LogP contribution is -2.37. The Labute approximate surface area is 172 Å². The summed E-state index contributed by atoms with van der Waals surface area (Å²) >= 11 is 1.28. The summed E-state index contributed by atoms with van der Waals surface area (Å²) in [4.78, 5) is 32.6. The lowest BCUT2D eigenvalue weighted by Gasteiger charge is -2.19. The molecule has 0 saturated heterocycles. The van der Waals surface area contributed by atoms with Gasteiger partial charge in [-0.2, -0.15) is 5.10 Å². The van der Waals surface area contributed by atoms with E-state index in [1.165, 1.54) is 11.3 Å². The first-order valence-electron chi connectivity index (χ1n) is 8.89. The second-order valence-electron chi connectivity index (χ2n) is 7.22. The number of nitrogens with zero attached hydrogens (tertiary/aromatic N) is 4. The van der Waals surface area contributed by atoms with Crippen LogP contribution in [0.2, 0.25) is 0 Å². The molecule has 0 spiro atoms. The van der Waals surface area contributed by atoms with Crippen molar-refractivity contribution in [3.63, 3.8) is 0 Å². The van der Waals surface area contributed by atoms with Gasteiger partial charge in [-0.15, -0.1) is 11.3 Å². The first-order chi connectivity index (χ1) is 13.7. The SMILES string of the molecule is Cn1ccc(-c2cccc(-c3csc(NC(=O)CNC(=O)OC(C)(C)C)n3)n2)n1. The molecule has 0 bridgehead atoms. The largest absolute Gasteiger partial charge is 0.444 e. The summed E-state index contributed by atoms with van der Waals surface area (Å²) in [6, 6.07) is 7.49. The number of hydrogen-bond acceptors (Lipinski definition) is 7. The van der Waals surface area contributed by atoms with Crippen molar-refractivity contribution in [2.24, 2.45) is 7.05 Å². The van der Waals surface area contributed by atoms with Gasteiger partial charge in [-0.1, -0.05) is 6.07 Å². The van der Waals surface area contributed by atoms with E-state index in [1.807, 2.05) is 37.5 Å². The van der Waals surface area contributed by atoms with E-state index in [2.05, 4.69) is 25.7 Å². The van der Waals surface area contributed by atoms with Crippen LogP contribution in [0.1, 0.15) is 20.8 Å². The molecule has 0 aromatic carbocycles. The Morgan fingerprint density at radius 3 is 2.48 bits per heavy atom. The van der Waals surface area contributed by atoms with Gasteiger partial charge in [-0.05, 0) is 39.0 Å². The highest BCUT2D eigenvalue weighted by Crippen LogP contribution is 2.25. The molecule has 0 aliphatic rings. The van der Waals surface area contributed by atoms with E-state index >= 15 is 0 Å². The number of pyridine rings is 1. The molecule has 2 N–H and O–H groups in total. The number of hydrogen-bond donors (Lipinski definition) is 2. The molecule has 2 amide bonds. The molecule has 3 heterocycles.